The monoisotopic (exact) mass is 470 g/mol. The maximum atomic E-state index is 11.7. The minimum atomic E-state index is 0. The van der Waals surface area contributed by atoms with Gasteiger partial charge in [0, 0.05) is 32.1 Å². The lowest BCUT2D eigenvalue weighted by Crippen LogP contribution is -2.40. The molecule has 144 valence electrons. The molecule has 5 nitrogen and oxygen atoms in total. The Kier molecular flexibility index (Phi) is 8.68. The van der Waals surface area contributed by atoms with Crippen LogP contribution in [0, 0.1) is 11.8 Å². The summed E-state index contributed by atoms with van der Waals surface area (Å²) in [6.07, 6.45) is 4.44. The minimum Gasteiger partial charge on any atom is -0.357 e. The van der Waals surface area contributed by atoms with Crippen LogP contribution in [0.2, 0.25) is 0 Å². The highest BCUT2D eigenvalue weighted by Gasteiger charge is 2.29. The van der Waals surface area contributed by atoms with Gasteiger partial charge in [-0.3, -0.25) is 9.79 Å². The van der Waals surface area contributed by atoms with Crippen LogP contribution < -0.4 is 10.6 Å². The number of carbonyl (C=O) groups is 1. The third-order valence-electron chi connectivity index (χ3n) is 4.91. The van der Waals surface area contributed by atoms with E-state index in [4.69, 9.17) is 4.99 Å². The molecule has 26 heavy (non-hydrogen) atoms. The Morgan fingerprint density at radius 1 is 1.19 bits per heavy atom. The van der Waals surface area contributed by atoms with Crippen LogP contribution in [0.3, 0.4) is 0 Å². The van der Waals surface area contributed by atoms with Crippen molar-refractivity contribution in [2.75, 3.05) is 32.7 Å². The number of hydrogen-bond acceptors (Lipinski definition) is 2. The SMILES string of the molecule is CCNC(=NCCNC(=O)C1CC1)N1CCC(Cc2ccccc2)C1.I. The van der Waals surface area contributed by atoms with E-state index in [2.05, 4.69) is 52.8 Å². The Morgan fingerprint density at radius 2 is 1.96 bits per heavy atom. The number of amides is 1. The summed E-state index contributed by atoms with van der Waals surface area (Å²) in [5, 5.41) is 6.38. The first-order chi connectivity index (χ1) is 12.3. The molecule has 0 aromatic heterocycles. The molecule has 2 aliphatic rings. The van der Waals surface area contributed by atoms with Gasteiger partial charge in [-0.15, -0.1) is 24.0 Å². The molecule has 1 aliphatic heterocycles. The third-order valence-corrected chi connectivity index (χ3v) is 4.91. The van der Waals surface area contributed by atoms with E-state index in [0.717, 1.165) is 44.9 Å². The van der Waals surface area contributed by atoms with Gasteiger partial charge in [0.05, 0.1) is 6.54 Å². The normalized spacial score (nSPS) is 19.8. The molecular weight excluding hydrogens is 439 g/mol. The Balaban J connectivity index is 0.00000243. The average molecular weight is 470 g/mol. The van der Waals surface area contributed by atoms with Gasteiger partial charge in [0.2, 0.25) is 5.91 Å². The lowest BCUT2D eigenvalue weighted by molar-refractivity contribution is -0.122. The van der Waals surface area contributed by atoms with Crippen LogP contribution >= 0.6 is 24.0 Å². The van der Waals surface area contributed by atoms with Crippen molar-refractivity contribution < 1.29 is 4.79 Å². The van der Waals surface area contributed by atoms with Crippen LogP contribution in [0.15, 0.2) is 35.3 Å². The van der Waals surface area contributed by atoms with Crippen molar-refractivity contribution in [2.45, 2.75) is 32.6 Å². The molecule has 0 spiro atoms. The van der Waals surface area contributed by atoms with E-state index in [-0.39, 0.29) is 35.8 Å². The summed E-state index contributed by atoms with van der Waals surface area (Å²) in [7, 11) is 0. The fraction of sp³-hybridized carbons (Fsp3) is 0.600. The Labute approximate surface area is 174 Å². The van der Waals surface area contributed by atoms with Gasteiger partial charge in [-0.25, -0.2) is 0 Å². The van der Waals surface area contributed by atoms with Crippen molar-refractivity contribution >= 4 is 35.8 Å². The maximum Gasteiger partial charge on any atom is 0.223 e. The van der Waals surface area contributed by atoms with Crippen LogP contribution in [0.1, 0.15) is 31.7 Å². The molecule has 0 radical (unpaired) electrons. The number of nitrogens with one attached hydrogen (secondary N) is 2. The first-order valence-electron chi connectivity index (χ1n) is 9.61. The van der Waals surface area contributed by atoms with E-state index >= 15 is 0 Å². The number of nitrogens with zero attached hydrogens (tertiary/aromatic N) is 2. The Bertz CT molecular complexity index is 589. The summed E-state index contributed by atoms with van der Waals surface area (Å²) in [6, 6.07) is 10.7. The van der Waals surface area contributed by atoms with Gasteiger partial charge < -0.3 is 15.5 Å². The lowest BCUT2D eigenvalue weighted by Gasteiger charge is -2.21. The van der Waals surface area contributed by atoms with E-state index in [1.807, 2.05) is 0 Å². The zero-order valence-corrected chi connectivity index (χ0v) is 17.9. The Morgan fingerprint density at radius 3 is 2.65 bits per heavy atom. The minimum absolute atomic E-state index is 0. The summed E-state index contributed by atoms with van der Waals surface area (Å²) in [4.78, 5) is 18.7. The number of benzene rings is 1. The van der Waals surface area contributed by atoms with Crippen LogP contribution in [-0.4, -0.2) is 49.5 Å². The highest BCUT2D eigenvalue weighted by atomic mass is 127. The number of carbonyl (C=O) groups excluding carboxylic acids is 1. The zero-order valence-electron chi connectivity index (χ0n) is 15.6. The van der Waals surface area contributed by atoms with Crippen molar-refractivity contribution in [3.63, 3.8) is 0 Å². The summed E-state index contributed by atoms with van der Waals surface area (Å²) in [6.45, 7) is 6.34. The molecular formula is C20H31IN4O. The largest absolute Gasteiger partial charge is 0.357 e. The smallest absolute Gasteiger partial charge is 0.223 e. The van der Waals surface area contributed by atoms with E-state index in [0.29, 0.717) is 19.0 Å². The number of guanidine groups is 1. The Hall–Kier alpha value is -1.31. The van der Waals surface area contributed by atoms with E-state index in [9.17, 15) is 4.79 Å². The van der Waals surface area contributed by atoms with Gasteiger partial charge in [0.15, 0.2) is 5.96 Å². The molecule has 1 unspecified atom stereocenters. The maximum absolute atomic E-state index is 11.7. The molecule has 1 saturated carbocycles. The molecule has 0 bridgehead atoms. The number of likely N-dealkylation sites (tertiary alicyclic amines) is 1. The van der Waals surface area contributed by atoms with Gasteiger partial charge >= 0.3 is 0 Å². The third kappa shape index (κ3) is 6.45. The molecule has 1 amide bonds. The quantitative estimate of drug-likeness (QED) is 0.279. The molecule has 1 aromatic rings. The van der Waals surface area contributed by atoms with E-state index < -0.39 is 0 Å². The van der Waals surface area contributed by atoms with Crippen LogP contribution in [0.25, 0.3) is 0 Å². The fourth-order valence-electron chi connectivity index (χ4n) is 3.40. The van der Waals surface area contributed by atoms with Crippen molar-refractivity contribution in [1.29, 1.82) is 0 Å². The second kappa shape index (κ2) is 10.7. The van der Waals surface area contributed by atoms with E-state index in [1.54, 1.807) is 0 Å². The standard InChI is InChI=1S/C20H30N4O.HI/c1-2-21-20(23-12-11-22-19(25)18-8-9-18)24-13-10-17(15-24)14-16-6-4-3-5-7-16;/h3-7,17-18H,2,8-15H2,1H3,(H,21,23)(H,22,25);1H. The summed E-state index contributed by atoms with van der Waals surface area (Å²) >= 11 is 0. The second-order valence-electron chi connectivity index (χ2n) is 7.09. The topological polar surface area (TPSA) is 56.7 Å². The molecule has 1 heterocycles. The predicted octanol–water partition coefficient (Wildman–Crippen LogP) is 2.66. The summed E-state index contributed by atoms with van der Waals surface area (Å²) in [5.41, 5.74) is 1.42. The predicted molar refractivity (Wildman–Crippen MR) is 117 cm³/mol. The number of hydrogen-bond donors (Lipinski definition) is 2. The molecule has 1 saturated heterocycles. The summed E-state index contributed by atoms with van der Waals surface area (Å²) < 4.78 is 0. The molecule has 2 N–H and O–H groups in total. The van der Waals surface area contributed by atoms with Crippen LogP contribution in [0.4, 0.5) is 0 Å². The van der Waals surface area contributed by atoms with Crippen molar-refractivity contribution in [3.05, 3.63) is 35.9 Å². The average Bonchev–Trinajstić information content (AvgIpc) is 3.38. The number of halogens is 1. The molecule has 1 aromatic carbocycles. The van der Waals surface area contributed by atoms with Crippen LogP contribution in [0.5, 0.6) is 0 Å². The highest BCUT2D eigenvalue weighted by Crippen LogP contribution is 2.28. The molecule has 2 fully saturated rings. The fourth-order valence-corrected chi connectivity index (χ4v) is 3.40. The zero-order chi connectivity index (χ0) is 17.5. The lowest BCUT2D eigenvalue weighted by atomic mass is 9.99. The molecule has 3 rings (SSSR count). The van der Waals surface area contributed by atoms with Crippen molar-refractivity contribution in [1.82, 2.24) is 15.5 Å². The van der Waals surface area contributed by atoms with Gasteiger partial charge in [-0.05, 0) is 44.1 Å². The van der Waals surface area contributed by atoms with Crippen molar-refractivity contribution in [3.8, 4) is 0 Å². The first kappa shape index (κ1) is 21.0. The number of rotatable bonds is 7. The highest BCUT2D eigenvalue weighted by molar-refractivity contribution is 14.0. The van der Waals surface area contributed by atoms with Crippen LogP contribution in [-0.2, 0) is 11.2 Å². The van der Waals surface area contributed by atoms with E-state index in [1.165, 1.54) is 12.0 Å². The second-order valence-corrected chi connectivity index (χ2v) is 7.09. The molecule has 1 atom stereocenters. The van der Waals surface area contributed by atoms with Gasteiger partial charge in [0.25, 0.3) is 0 Å². The van der Waals surface area contributed by atoms with Crippen molar-refractivity contribution in [2.24, 2.45) is 16.8 Å². The molecule has 1 aliphatic carbocycles. The van der Waals surface area contributed by atoms with Gasteiger partial charge in [-0.2, -0.15) is 0 Å². The van der Waals surface area contributed by atoms with Gasteiger partial charge in [0.1, 0.15) is 0 Å². The first-order valence-corrected chi connectivity index (χ1v) is 9.61. The number of aliphatic imine (C=N–C) groups is 1. The molecule has 6 heteroatoms. The summed E-state index contributed by atoms with van der Waals surface area (Å²) in [5.74, 6) is 2.14. The van der Waals surface area contributed by atoms with Gasteiger partial charge in [-0.1, -0.05) is 30.3 Å².